The van der Waals surface area contributed by atoms with Crippen LogP contribution in [0.25, 0.3) is 0 Å². The Kier molecular flexibility index (Phi) is 12.6. The van der Waals surface area contributed by atoms with E-state index in [0.29, 0.717) is 54.0 Å². The quantitative estimate of drug-likeness (QED) is 0.116. The van der Waals surface area contributed by atoms with Gasteiger partial charge in [-0.05, 0) is 70.8 Å². The molecule has 2 heterocycles. The van der Waals surface area contributed by atoms with Crippen molar-refractivity contribution in [2.75, 3.05) is 22.1 Å². The number of rotatable bonds is 10. The highest BCUT2D eigenvalue weighted by Gasteiger charge is 2.20. The minimum Gasteiger partial charge on any atom is -0.370 e. The van der Waals surface area contributed by atoms with Gasteiger partial charge >= 0.3 is 0 Å². The van der Waals surface area contributed by atoms with E-state index < -0.39 is 12.3 Å². The number of nitrogens with zero attached hydrogens (tertiary/aromatic N) is 6. The van der Waals surface area contributed by atoms with E-state index in [1.54, 1.807) is 84.9 Å². The fourth-order valence-electron chi connectivity index (χ4n) is 5.30. The summed E-state index contributed by atoms with van der Waals surface area (Å²) in [7, 11) is 0. The number of carbonyl (C=O) groups excluding carboxylic acids is 2. The Bertz CT molecular complexity index is 2170. The minimum absolute atomic E-state index is 0.0169. The Morgan fingerprint density at radius 3 is 1.44 bits per heavy atom. The number of nitrogens with two attached hydrogens (primary N) is 2. The Balaban J connectivity index is 1.02. The van der Waals surface area contributed by atoms with E-state index >= 15 is 0 Å². The number of hydrogen-bond acceptors (Lipinski definition) is 14. The van der Waals surface area contributed by atoms with Crippen molar-refractivity contribution in [2.24, 2.45) is 31.4 Å². The monoisotopic (exact) mass is 808 g/mol. The van der Waals surface area contributed by atoms with Crippen molar-refractivity contribution >= 4 is 92.2 Å². The number of benzene rings is 4. The molecule has 4 aromatic carbocycles. The molecule has 0 saturated carbocycles. The number of nitriles is 2. The third-order valence-corrected chi connectivity index (χ3v) is 10.2. The number of thioether (sulfide) groups is 2. The van der Waals surface area contributed by atoms with E-state index in [1.807, 2.05) is 0 Å². The molecule has 14 nitrogen and oxygen atoms in total. The molecule has 0 saturated heterocycles. The van der Waals surface area contributed by atoms with Crippen molar-refractivity contribution in [3.05, 3.63) is 128 Å². The zero-order valence-electron chi connectivity index (χ0n) is 28.6. The van der Waals surface area contributed by atoms with E-state index in [0.717, 1.165) is 34.7 Å². The molecule has 18 heteroatoms. The minimum atomic E-state index is -0.567. The second kappa shape index (κ2) is 17.9. The summed E-state index contributed by atoms with van der Waals surface area (Å²) in [6.45, 7) is 0. The highest BCUT2D eigenvalue weighted by atomic mass is 35.5. The molecule has 2 atom stereocenters. The average Bonchev–Trinajstić information content (AvgIpc) is 3.17. The fourth-order valence-corrected chi connectivity index (χ4v) is 6.93. The van der Waals surface area contributed by atoms with Crippen LogP contribution in [0.1, 0.15) is 45.7 Å². The van der Waals surface area contributed by atoms with Crippen LogP contribution in [0, 0.1) is 22.7 Å². The molecule has 0 bridgehead atoms. The van der Waals surface area contributed by atoms with Crippen LogP contribution in [-0.2, 0) is 16.0 Å². The topological polar surface area (TPSA) is 231 Å². The number of carbonyl (C=O) groups is 2. The van der Waals surface area contributed by atoms with E-state index in [1.165, 1.54) is 0 Å². The maximum absolute atomic E-state index is 12.8. The van der Waals surface area contributed by atoms with E-state index in [-0.39, 0.29) is 41.7 Å². The van der Waals surface area contributed by atoms with Crippen LogP contribution in [0.3, 0.4) is 0 Å². The standard InChI is InChI=1S/C37H30Cl2N12O2S2/c38-26-7-1-20(2-8-26)32-46-34(42)50-36(48-32)54-18-30(52)44-28-11-5-22(24(14-28)16-40)13-23-6-12-29(15-25(23)17-41)45-31(53)19-55-37-49-33(47-35(43)51-37)21-3-9-27(39)10-4-21/h1-12,14-15,32-33H,13,18-19H2,(H,44,52)(H,45,53)(H3,42,46,48,50)(H3,43,47,49,51)/t32-,33+. The number of nitrogens with one attached hydrogen (secondary N) is 4. The zero-order valence-corrected chi connectivity index (χ0v) is 31.7. The van der Waals surface area contributed by atoms with Gasteiger partial charge < -0.3 is 32.7 Å². The largest absolute Gasteiger partial charge is 0.370 e. The SMILES string of the molecule is N#Cc1cc(NC(=O)CSC2=N[C@H](c3ccc(Cl)cc3)N=C(N)N2)ccc1Cc1ccc(NC(=O)CSC2=N[C@@H](c3ccc(Cl)cc3)N=C(N)N2)cc1C#N. The van der Waals surface area contributed by atoms with Crippen molar-refractivity contribution in [3.63, 3.8) is 0 Å². The van der Waals surface area contributed by atoms with E-state index in [9.17, 15) is 20.1 Å². The van der Waals surface area contributed by atoms with Gasteiger partial charge in [-0.15, -0.1) is 0 Å². The fraction of sp³-hybridized carbons (Fsp3) is 0.135. The number of aliphatic imine (C=N–C) groups is 4. The molecule has 0 unspecified atom stereocenters. The van der Waals surface area contributed by atoms with Crippen LogP contribution >= 0.6 is 46.7 Å². The van der Waals surface area contributed by atoms with Crippen molar-refractivity contribution < 1.29 is 9.59 Å². The predicted molar refractivity (Wildman–Crippen MR) is 220 cm³/mol. The van der Waals surface area contributed by atoms with Crippen LogP contribution < -0.4 is 32.7 Å². The first-order valence-electron chi connectivity index (χ1n) is 16.3. The number of amides is 2. The molecule has 4 aromatic rings. The molecule has 8 N–H and O–H groups in total. The first-order chi connectivity index (χ1) is 26.5. The molecule has 2 aliphatic rings. The number of guanidine groups is 2. The highest BCUT2D eigenvalue weighted by Crippen LogP contribution is 2.27. The molecular formula is C37H30Cl2N12O2S2. The van der Waals surface area contributed by atoms with Gasteiger partial charge in [0, 0.05) is 27.8 Å². The summed E-state index contributed by atoms with van der Waals surface area (Å²) in [6.07, 6.45) is -0.863. The van der Waals surface area contributed by atoms with Gasteiger partial charge in [0.2, 0.25) is 11.8 Å². The van der Waals surface area contributed by atoms with Gasteiger partial charge in [-0.2, -0.15) is 10.5 Å². The predicted octanol–water partition coefficient (Wildman–Crippen LogP) is 5.62. The summed E-state index contributed by atoms with van der Waals surface area (Å²) in [4.78, 5) is 43.4. The number of halogens is 2. The Morgan fingerprint density at radius 1 is 0.655 bits per heavy atom. The van der Waals surface area contributed by atoms with Gasteiger partial charge in [0.05, 0.1) is 34.8 Å². The van der Waals surface area contributed by atoms with Crippen LogP contribution in [-0.4, -0.2) is 45.6 Å². The van der Waals surface area contributed by atoms with Gasteiger partial charge in [-0.25, -0.2) is 20.0 Å². The zero-order chi connectivity index (χ0) is 38.9. The maximum atomic E-state index is 12.8. The Morgan fingerprint density at radius 2 is 1.05 bits per heavy atom. The summed E-state index contributed by atoms with van der Waals surface area (Å²) in [5.41, 5.74) is 16.4. The number of anilines is 2. The lowest BCUT2D eigenvalue weighted by molar-refractivity contribution is -0.114. The van der Waals surface area contributed by atoms with Crippen molar-refractivity contribution in [3.8, 4) is 12.1 Å². The molecule has 0 radical (unpaired) electrons. The van der Waals surface area contributed by atoms with Crippen molar-refractivity contribution in [1.82, 2.24) is 10.6 Å². The molecular weight excluding hydrogens is 780 g/mol. The van der Waals surface area contributed by atoms with Gasteiger partial charge in [0.25, 0.3) is 0 Å². The number of amidine groups is 2. The third-order valence-electron chi connectivity index (χ3n) is 7.90. The number of hydrogen-bond donors (Lipinski definition) is 6. The average molecular weight is 810 g/mol. The molecule has 0 aromatic heterocycles. The van der Waals surface area contributed by atoms with Crippen LogP contribution in [0.2, 0.25) is 10.0 Å². The lowest BCUT2D eigenvalue weighted by atomic mass is 9.96. The first-order valence-corrected chi connectivity index (χ1v) is 19.1. The molecule has 6 rings (SSSR count). The smallest absolute Gasteiger partial charge is 0.234 e. The first kappa shape index (κ1) is 38.7. The van der Waals surface area contributed by atoms with Gasteiger partial charge in [-0.1, -0.05) is 83.1 Å². The van der Waals surface area contributed by atoms with Gasteiger partial charge in [0.15, 0.2) is 34.6 Å². The molecule has 0 aliphatic carbocycles. The summed E-state index contributed by atoms with van der Waals surface area (Å²) in [5.74, 6) is -0.249. The van der Waals surface area contributed by atoms with Crippen LogP contribution in [0.5, 0.6) is 0 Å². The molecule has 55 heavy (non-hydrogen) atoms. The Hall–Kier alpha value is -6.04. The summed E-state index contributed by atoms with van der Waals surface area (Å²) in [5, 5.41) is 33.3. The molecule has 0 fully saturated rings. The van der Waals surface area contributed by atoms with Gasteiger partial charge in [-0.3, -0.25) is 9.59 Å². The van der Waals surface area contributed by atoms with Crippen molar-refractivity contribution in [2.45, 2.75) is 18.8 Å². The lowest BCUT2D eigenvalue weighted by Gasteiger charge is -2.19. The highest BCUT2D eigenvalue weighted by molar-refractivity contribution is 8.14. The van der Waals surface area contributed by atoms with E-state index in [2.05, 4.69) is 53.4 Å². The summed E-state index contributed by atoms with van der Waals surface area (Å²) in [6, 6.07) is 28.5. The second-order valence-electron chi connectivity index (χ2n) is 11.8. The van der Waals surface area contributed by atoms with Crippen LogP contribution in [0.4, 0.5) is 11.4 Å². The summed E-state index contributed by atoms with van der Waals surface area (Å²) < 4.78 is 0. The summed E-state index contributed by atoms with van der Waals surface area (Å²) >= 11 is 14.3. The molecule has 2 amide bonds. The second-order valence-corrected chi connectivity index (χ2v) is 14.6. The molecule has 0 spiro atoms. The maximum Gasteiger partial charge on any atom is 0.234 e. The lowest BCUT2D eigenvalue weighted by Crippen LogP contribution is -2.39. The normalized spacial score (nSPS) is 16.1. The van der Waals surface area contributed by atoms with Crippen molar-refractivity contribution in [1.29, 1.82) is 10.5 Å². The molecule has 276 valence electrons. The third kappa shape index (κ3) is 10.6. The van der Waals surface area contributed by atoms with Crippen LogP contribution in [0.15, 0.2) is 105 Å². The van der Waals surface area contributed by atoms with E-state index in [4.69, 9.17) is 34.7 Å². The molecule has 2 aliphatic heterocycles. The van der Waals surface area contributed by atoms with Gasteiger partial charge in [0.1, 0.15) is 0 Å². The Labute approximate surface area is 334 Å².